The topological polar surface area (TPSA) is 70.6 Å². The molecule has 0 aromatic heterocycles. The Balaban J connectivity index is 2.50. The van der Waals surface area contributed by atoms with Crippen LogP contribution in [0.3, 0.4) is 0 Å². The van der Waals surface area contributed by atoms with Crippen molar-refractivity contribution in [2.24, 2.45) is 10.9 Å². The number of sulfone groups is 1. The summed E-state index contributed by atoms with van der Waals surface area (Å²) in [5.74, 6) is 1.58. The number of nitrogens with zero attached hydrogens (tertiary/aromatic N) is 1. The Kier molecular flexibility index (Phi) is 5.91. The molecule has 1 saturated heterocycles. The van der Waals surface area contributed by atoms with Crippen LogP contribution in [0, 0.1) is 5.92 Å². The molecule has 1 heterocycles. The summed E-state index contributed by atoms with van der Waals surface area (Å²) in [5.41, 5.74) is 0. The second-order valence-corrected chi connectivity index (χ2v) is 7.17. The molecule has 0 aliphatic carbocycles. The average Bonchev–Trinajstić information content (AvgIpc) is 2.66. The van der Waals surface area contributed by atoms with Crippen molar-refractivity contribution in [2.45, 2.75) is 39.7 Å². The summed E-state index contributed by atoms with van der Waals surface area (Å²) in [4.78, 5) is 4.48. The molecule has 0 saturated carbocycles. The van der Waals surface area contributed by atoms with Gasteiger partial charge in [-0.2, -0.15) is 0 Å². The van der Waals surface area contributed by atoms with Crippen LogP contribution >= 0.6 is 0 Å². The lowest BCUT2D eigenvalue weighted by Crippen LogP contribution is -2.42. The molecule has 0 aromatic rings. The van der Waals surface area contributed by atoms with Gasteiger partial charge in [0, 0.05) is 19.1 Å². The maximum absolute atomic E-state index is 11.4. The zero-order valence-electron chi connectivity index (χ0n) is 11.6. The van der Waals surface area contributed by atoms with E-state index in [9.17, 15) is 8.42 Å². The van der Waals surface area contributed by atoms with Crippen LogP contribution in [0.25, 0.3) is 0 Å². The first-order chi connectivity index (χ1) is 8.46. The molecule has 6 heteroatoms. The minimum Gasteiger partial charge on any atom is -0.357 e. The molecule has 1 rings (SSSR count). The highest BCUT2D eigenvalue weighted by atomic mass is 32.2. The Labute approximate surface area is 110 Å². The quantitative estimate of drug-likeness (QED) is 0.574. The average molecular weight is 275 g/mol. The summed E-state index contributed by atoms with van der Waals surface area (Å²) in [6.45, 7) is 7.64. The van der Waals surface area contributed by atoms with Gasteiger partial charge < -0.3 is 10.6 Å². The van der Waals surface area contributed by atoms with Gasteiger partial charge in [-0.05, 0) is 32.6 Å². The summed E-state index contributed by atoms with van der Waals surface area (Å²) < 4.78 is 22.7. The Hall–Kier alpha value is -0.780. The molecular weight excluding hydrogens is 250 g/mol. The van der Waals surface area contributed by atoms with Gasteiger partial charge in [-0.3, -0.25) is 4.99 Å². The molecule has 0 radical (unpaired) electrons. The summed E-state index contributed by atoms with van der Waals surface area (Å²) in [5, 5.41) is 6.48. The predicted octanol–water partition coefficient (Wildman–Crippen LogP) is 0.775. The van der Waals surface area contributed by atoms with E-state index in [4.69, 9.17) is 0 Å². The van der Waals surface area contributed by atoms with Gasteiger partial charge in [0.1, 0.15) is 0 Å². The van der Waals surface area contributed by atoms with Crippen LogP contribution in [0.1, 0.15) is 33.6 Å². The van der Waals surface area contributed by atoms with E-state index in [0.29, 0.717) is 24.1 Å². The lowest BCUT2D eigenvalue weighted by atomic mass is 10.1. The Bertz CT molecular complexity index is 379. The molecule has 1 aliphatic rings. The van der Waals surface area contributed by atoms with Crippen LogP contribution in [0.5, 0.6) is 0 Å². The lowest BCUT2D eigenvalue weighted by Gasteiger charge is -2.16. The fourth-order valence-corrected chi connectivity index (χ4v) is 3.74. The van der Waals surface area contributed by atoms with Crippen LogP contribution < -0.4 is 10.6 Å². The minimum absolute atomic E-state index is 0.183. The van der Waals surface area contributed by atoms with Crippen LogP contribution in [0.4, 0.5) is 0 Å². The van der Waals surface area contributed by atoms with Gasteiger partial charge in [0.25, 0.3) is 0 Å². The Morgan fingerprint density at radius 1 is 1.44 bits per heavy atom. The second-order valence-electron chi connectivity index (χ2n) is 4.94. The third kappa shape index (κ3) is 5.25. The van der Waals surface area contributed by atoms with Gasteiger partial charge in [-0.25, -0.2) is 8.42 Å². The molecule has 2 unspecified atom stereocenters. The van der Waals surface area contributed by atoms with Crippen molar-refractivity contribution >= 4 is 15.8 Å². The fraction of sp³-hybridized carbons (Fsp3) is 0.917. The lowest BCUT2D eigenvalue weighted by molar-refractivity contribution is 0.584. The van der Waals surface area contributed by atoms with E-state index < -0.39 is 9.84 Å². The first-order valence-corrected chi connectivity index (χ1v) is 8.54. The Morgan fingerprint density at radius 3 is 2.67 bits per heavy atom. The molecule has 5 nitrogen and oxygen atoms in total. The third-order valence-electron chi connectivity index (χ3n) is 3.17. The standard InChI is InChI=1S/C12H25N3O2S/c1-4-10(3)15-12(13-5-2)14-8-11-6-7-18(16,17)9-11/h10-11H,4-9H2,1-3H3,(H2,13,14,15). The zero-order valence-corrected chi connectivity index (χ0v) is 12.4. The largest absolute Gasteiger partial charge is 0.357 e. The number of hydrogen-bond donors (Lipinski definition) is 2. The van der Waals surface area contributed by atoms with Crippen LogP contribution in [0.15, 0.2) is 4.99 Å². The molecule has 106 valence electrons. The van der Waals surface area contributed by atoms with Crippen molar-refractivity contribution in [3.63, 3.8) is 0 Å². The highest BCUT2D eigenvalue weighted by Crippen LogP contribution is 2.18. The van der Waals surface area contributed by atoms with Gasteiger partial charge in [0.2, 0.25) is 0 Å². The molecule has 0 amide bonds. The molecule has 1 fully saturated rings. The maximum Gasteiger partial charge on any atom is 0.191 e. The normalized spacial score (nSPS) is 24.8. The molecule has 18 heavy (non-hydrogen) atoms. The third-order valence-corrected chi connectivity index (χ3v) is 5.01. The molecule has 1 aliphatic heterocycles. The summed E-state index contributed by atoms with van der Waals surface area (Å²) >= 11 is 0. The number of rotatable bonds is 5. The van der Waals surface area contributed by atoms with Gasteiger partial charge in [0.15, 0.2) is 15.8 Å². The summed E-state index contributed by atoms with van der Waals surface area (Å²) in [6.07, 6.45) is 1.77. The minimum atomic E-state index is -2.79. The van der Waals surface area contributed by atoms with Crippen molar-refractivity contribution in [2.75, 3.05) is 24.6 Å². The van der Waals surface area contributed by atoms with E-state index in [-0.39, 0.29) is 5.92 Å². The van der Waals surface area contributed by atoms with E-state index in [1.165, 1.54) is 0 Å². The van der Waals surface area contributed by atoms with E-state index in [1.54, 1.807) is 0 Å². The Morgan fingerprint density at radius 2 is 2.17 bits per heavy atom. The van der Waals surface area contributed by atoms with Gasteiger partial charge >= 0.3 is 0 Å². The first kappa shape index (κ1) is 15.3. The van der Waals surface area contributed by atoms with Crippen molar-refractivity contribution in [3.8, 4) is 0 Å². The predicted molar refractivity (Wildman–Crippen MR) is 75.6 cm³/mol. The van der Waals surface area contributed by atoms with Gasteiger partial charge in [-0.15, -0.1) is 0 Å². The van der Waals surface area contributed by atoms with E-state index in [0.717, 1.165) is 25.3 Å². The van der Waals surface area contributed by atoms with Gasteiger partial charge in [-0.1, -0.05) is 6.92 Å². The molecule has 0 spiro atoms. The molecular formula is C12H25N3O2S. The number of aliphatic imine (C=N–C) groups is 1. The number of nitrogens with one attached hydrogen (secondary N) is 2. The van der Waals surface area contributed by atoms with Crippen molar-refractivity contribution in [1.82, 2.24) is 10.6 Å². The molecule has 0 aromatic carbocycles. The van der Waals surface area contributed by atoms with E-state index in [2.05, 4.69) is 29.5 Å². The summed E-state index contributed by atoms with van der Waals surface area (Å²) in [6, 6.07) is 0.370. The zero-order chi connectivity index (χ0) is 13.6. The van der Waals surface area contributed by atoms with Crippen molar-refractivity contribution in [1.29, 1.82) is 0 Å². The molecule has 2 N–H and O–H groups in total. The molecule has 0 bridgehead atoms. The SMILES string of the molecule is CCNC(=NCC1CCS(=O)(=O)C1)NC(C)CC. The van der Waals surface area contributed by atoms with Crippen LogP contribution in [-0.4, -0.2) is 45.0 Å². The van der Waals surface area contributed by atoms with E-state index >= 15 is 0 Å². The maximum atomic E-state index is 11.4. The van der Waals surface area contributed by atoms with Crippen molar-refractivity contribution < 1.29 is 8.42 Å². The smallest absolute Gasteiger partial charge is 0.191 e. The van der Waals surface area contributed by atoms with Gasteiger partial charge in [0.05, 0.1) is 11.5 Å². The summed E-state index contributed by atoms with van der Waals surface area (Å²) in [7, 11) is -2.79. The number of hydrogen-bond acceptors (Lipinski definition) is 3. The molecule has 2 atom stereocenters. The first-order valence-electron chi connectivity index (χ1n) is 6.72. The van der Waals surface area contributed by atoms with Crippen LogP contribution in [-0.2, 0) is 9.84 Å². The van der Waals surface area contributed by atoms with Crippen LogP contribution in [0.2, 0.25) is 0 Å². The fourth-order valence-electron chi connectivity index (χ4n) is 1.89. The van der Waals surface area contributed by atoms with E-state index in [1.807, 2.05) is 6.92 Å². The van der Waals surface area contributed by atoms with Crippen molar-refractivity contribution in [3.05, 3.63) is 0 Å². The second kappa shape index (κ2) is 6.97. The monoisotopic (exact) mass is 275 g/mol. The number of guanidine groups is 1. The highest BCUT2D eigenvalue weighted by Gasteiger charge is 2.27. The highest BCUT2D eigenvalue weighted by molar-refractivity contribution is 7.91.